The monoisotopic (exact) mass is 313 g/mol. The zero-order valence-electron chi connectivity index (χ0n) is 11.4. The largest absolute Gasteiger partial charge is 0.346 e. The molecule has 110 valence electrons. The average Bonchev–Trinajstić information content (AvgIpc) is 2.38. The molecule has 3 N–H and O–H groups in total. The van der Waals surface area contributed by atoms with Crippen molar-refractivity contribution < 1.29 is 8.42 Å². The average molecular weight is 313 g/mol. The zero-order chi connectivity index (χ0) is 14.8. The Hall–Kier alpha value is -1.18. The van der Waals surface area contributed by atoms with Gasteiger partial charge in [-0.15, -0.1) is 0 Å². The number of likely N-dealkylation sites (tertiary alicyclic amines) is 1. The van der Waals surface area contributed by atoms with E-state index in [-0.39, 0.29) is 4.90 Å². The van der Waals surface area contributed by atoms with Gasteiger partial charge in [-0.3, -0.25) is 0 Å². The molecule has 20 heavy (non-hydrogen) atoms. The van der Waals surface area contributed by atoms with Crippen LogP contribution in [0.3, 0.4) is 0 Å². The van der Waals surface area contributed by atoms with E-state index in [9.17, 15) is 8.42 Å². The highest BCUT2D eigenvalue weighted by Crippen LogP contribution is 2.19. The van der Waals surface area contributed by atoms with Gasteiger partial charge < -0.3 is 10.2 Å². The number of benzene rings is 1. The summed E-state index contributed by atoms with van der Waals surface area (Å²) in [6, 6.07) is 6.72. The number of hydrogen-bond donors (Lipinski definition) is 2. The molecule has 1 atom stereocenters. The number of sulfonamides is 1. The van der Waals surface area contributed by atoms with Crippen LogP contribution in [0, 0.1) is 0 Å². The highest BCUT2D eigenvalue weighted by Gasteiger charge is 2.20. The van der Waals surface area contributed by atoms with E-state index in [0.29, 0.717) is 11.2 Å². The molecule has 1 unspecified atom stereocenters. The molecular weight excluding hydrogens is 294 g/mol. The van der Waals surface area contributed by atoms with Gasteiger partial charge in [0.1, 0.15) is 0 Å². The van der Waals surface area contributed by atoms with E-state index in [1.807, 2.05) is 0 Å². The number of thiocarbonyl (C=S) groups is 1. The highest BCUT2D eigenvalue weighted by molar-refractivity contribution is 7.89. The Morgan fingerprint density at radius 3 is 2.55 bits per heavy atom. The van der Waals surface area contributed by atoms with Crippen LogP contribution in [0.5, 0.6) is 0 Å². The molecule has 1 aromatic carbocycles. The van der Waals surface area contributed by atoms with Crippen molar-refractivity contribution in [3.8, 4) is 0 Å². The van der Waals surface area contributed by atoms with Crippen LogP contribution in [0.4, 0.5) is 5.69 Å². The number of primary sulfonamides is 1. The number of nitrogens with one attached hydrogen (secondary N) is 1. The van der Waals surface area contributed by atoms with Crippen molar-refractivity contribution in [2.24, 2.45) is 5.14 Å². The van der Waals surface area contributed by atoms with Crippen molar-refractivity contribution in [3.05, 3.63) is 24.3 Å². The molecule has 0 amide bonds. The Bertz CT molecular complexity index is 584. The van der Waals surface area contributed by atoms with E-state index in [2.05, 4.69) is 17.1 Å². The summed E-state index contributed by atoms with van der Waals surface area (Å²) in [5.41, 5.74) is 0.764. The Morgan fingerprint density at radius 2 is 2.00 bits per heavy atom. The summed E-state index contributed by atoms with van der Waals surface area (Å²) in [5, 5.41) is 8.88. The normalized spacial score (nSPS) is 19.7. The fourth-order valence-electron chi connectivity index (χ4n) is 2.32. The van der Waals surface area contributed by atoms with Gasteiger partial charge in [0, 0.05) is 18.3 Å². The molecule has 7 heteroatoms. The van der Waals surface area contributed by atoms with Gasteiger partial charge in [0.15, 0.2) is 5.11 Å². The minimum atomic E-state index is -3.65. The first-order valence-electron chi connectivity index (χ1n) is 6.58. The number of anilines is 1. The van der Waals surface area contributed by atoms with Crippen molar-refractivity contribution in [3.63, 3.8) is 0 Å². The molecule has 1 aliphatic rings. The molecule has 0 radical (unpaired) electrons. The maximum atomic E-state index is 11.2. The summed E-state index contributed by atoms with van der Waals surface area (Å²) in [4.78, 5) is 2.27. The maximum absolute atomic E-state index is 11.2. The third-order valence-corrected chi connectivity index (χ3v) is 4.76. The van der Waals surface area contributed by atoms with Gasteiger partial charge in [-0.25, -0.2) is 13.6 Å². The van der Waals surface area contributed by atoms with Crippen LogP contribution in [0.15, 0.2) is 29.2 Å². The van der Waals surface area contributed by atoms with Gasteiger partial charge in [-0.05, 0) is 62.7 Å². The van der Waals surface area contributed by atoms with Gasteiger partial charge >= 0.3 is 0 Å². The molecule has 1 aliphatic heterocycles. The second-order valence-corrected chi connectivity index (χ2v) is 6.99. The minimum Gasteiger partial charge on any atom is -0.346 e. The molecule has 1 saturated heterocycles. The first kappa shape index (κ1) is 15.2. The lowest BCUT2D eigenvalue weighted by molar-refractivity contribution is 0.262. The number of hydrogen-bond acceptors (Lipinski definition) is 3. The standard InChI is InChI=1S/C13H19N3O2S2/c1-10-4-2-3-9-16(10)13(19)15-11-5-7-12(8-6-11)20(14,17)18/h5-8,10H,2-4,9H2,1H3,(H,15,19)(H2,14,17,18). The van der Waals surface area contributed by atoms with Crippen LogP contribution in [-0.4, -0.2) is 31.0 Å². The maximum Gasteiger partial charge on any atom is 0.238 e. The van der Waals surface area contributed by atoms with Gasteiger partial charge in [-0.2, -0.15) is 0 Å². The van der Waals surface area contributed by atoms with Crippen molar-refractivity contribution >= 4 is 33.0 Å². The summed E-state index contributed by atoms with van der Waals surface area (Å²) >= 11 is 5.41. The zero-order valence-corrected chi connectivity index (χ0v) is 13.0. The highest BCUT2D eigenvalue weighted by atomic mass is 32.2. The number of nitrogens with two attached hydrogens (primary N) is 1. The summed E-state index contributed by atoms with van der Waals surface area (Å²) in [6.07, 6.45) is 3.53. The van der Waals surface area contributed by atoms with Crippen LogP contribution < -0.4 is 10.5 Å². The Labute approximate surface area is 125 Å². The van der Waals surface area contributed by atoms with Crippen molar-refractivity contribution in [1.29, 1.82) is 0 Å². The van der Waals surface area contributed by atoms with Crippen LogP contribution in [-0.2, 0) is 10.0 Å². The first-order valence-corrected chi connectivity index (χ1v) is 8.54. The quantitative estimate of drug-likeness (QED) is 0.816. The summed E-state index contributed by atoms with van der Waals surface area (Å²) in [6.45, 7) is 3.12. The Morgan fingerprint density at radius 1 is 1.35 bits per heavy atom. The lowest BCUT2D eigenvalue weighted by Gasteiger charge is -2.35. The van der Waals surface area contributed by atoms with Crippen LogP contribution in [0.25, 0.3) is 0 Å². The number of rotatable bonds is 2. The third kappa shape index (κ3) is 3.68. The molecule has 0 spiro atoms. The van der Waals surface area contributed by atoms with Crippen molar-refractivity contribution in [2.45, 2.75) is 37.1 Å². The molecule has 5 nitrogen and oxygen atoms in total. The second kappa shape index (κ2) is 6.07. The summed E-state index contributed by atoms with van der Waals surface area (Å²) in [7, 11) is -3.65. The smallest absolute Gasteiger partial charge is 0.238 e. The second-order valence-electron chi connectivity index (χ2n) is 5.04. The van der Waals surface area contributed by atoms with E-state index in [0.717, 1.165) is 25.1 Å². The lowest BCUT2D eigenvalue weighted by Crippen LogP contribution is -2.44. The fraction of sp³-hybridized carbons (Fsp3) is 0.462. The predicted molar refractivity (Wildman–Crippen MR) is 84.1 cm³/mol. The van der Waals surface area contributed by atoms with E-state index >= 15 is 0 Å². The van der Waals surface area contributed by atoms with Crippen molar-refractivity contribution in [2.75, 3.05) is 11.9 Å². The number of nitrogens with zero attached hydrogens (tertiary/aromatic N) is 1. The van der Waals surface area contributed by atoms with Gasteiger partial charge in [0.25, 0.3) is 0 Å². The van der Waals surface area contributed by atoms with E-state index < -0.39 is 10.0 Å². The first-order chi connectivity index (χ1) is 9.38. The Balaban J connectivity index is 2.04. The molecular formula is C13H19N3O2S2. The van der Waals surface area contributed by atoms with E-state index in [1.165, 1.54) is 18.6 Å². The lowest BCUT2D eigenvalue weighted by atomic mass is 10.0. The molecule has 1 heterocycles. The molecule has 0 aliphatic carbocycles. The fourth-order valence-corrected chi connectivity index (χ4v) is 3.23. The van der Waals surface area contributed by atoms with Crippen LogP contribution >= 0.6 is 12.2 Å². The van der Waals surface area contributed by atoms with Gasteiger partial charge in [-0.1, -0.05) is 0 Å². The number of piperidine rings is 1. The van der Waals surface area contributed by atoms with E-state index in [4.69, 9.17) is 17.4 Å². The van der Waals surface area contributed by atoms with Crippen LogP contribution in [0.1, 0.15) is 26.2 Å². The molecule has 0 saturated carbocycles. The molecule has 1 fully saturated rings. The van der Waals surface area contributed by atoms with E-state index in [1.54, 1.807) is 12.1 Å². The summed E-state index contributed by atoms with van der Waals surface area (Å²) < 4.78 is 22.4. The van der Waals surface area contributed by atoms with Crippen molar-refractivity contribution in [1.82, 2.24) is 4.90 Å². The molecule has 2 rings (SSSR count). The molecule has 0 bridgehead atoms. The van der Waals surface area contributed by atoms with Gasteiger partial charge in [0.2, 0.25) is 10.0 Å². The Kier molecular flexibility index (Phi) is 4.62. The topological polar surface area (TPSA) is 75.4 Å². The molecule has 1 aromatic rings. The predicted octanol–water partition coefficient (Wildman–Crippen LogP) is 1.91. The molecule has 0 aromatic heterocycles. The third-order valence-electron chi connectivity index (χ3n) is 3.50. The minimum absolute atomic E-state index is 0.0975. The van der Waals surface area contributed by atoms with Crippen LogP contribution in [0.2, 0.25) is 0 Å². The summed E-state index contributed by atoms with van der Waals surface area (Å²) in [5.74, 6) is 0. The van der Waals surface area contributed by atoms with Gasteiger partial charge in [0.05, 0.1) is 4.90 Å². The SMILES string of the molecule is CC1CCCCN1C(=S)Nc1ccc(S(N)(=O)=O)cc1.